The van der Waals surface area contributed by atoms with Gasteiger partial charge in [-0.3, -0.25) is 10.4 Å². The first-order valence-corrected chi connectivity index (χ1v) is 5.38. The summed E-state index contributed by atoms with van der Waals surface area (Å²) in [6, 6.07) is 0. The summed E-state index contributed by atoms with van der Waals surface area (Å²) in [5.41, 5.74) is 7.83. The number of nitrogens with zero attached hydrogens (tertiary/aromatic N) is 1. The summed E-state index contributed by atoms with van der Waals surface area (Å²) in [6.07, 6.45) is 3.89. The maximum Gasteiger partial charge on any atom is 0.203 e. The van der Waals surface area contributed by atoms with Crippen LogP contribution in [-0.2, 0) is 0 Å². The average molecular weight is 198 g/mol. The summed E-state index contributed by atoms with van der Waals surface area (Å²) in [5, 5.41) is 0. The summed E-state index contributed by atoms with van der Waals surface area (Å²) >= 11 is 0. The van der Waals surface area contributed by atoms with Gasteiger partial charge in [-0.05, 0) is 37.0 Å². The molecule has 0 aromatic carbocycles. The van der Waals surface area contributed by atoms with Gasteiger partial charge in [0.25, 0.3) is 0 Å². The van der Waals surface area contributed by atoms with E-state index in [1.165, 1.54) is 19.3 Å². The van der Waals surface area contributed by atoms with E-state index < -0.39 is 0 Å². The summed E-state index contributed by atoms with van der Waals surface area (Å²) in [4.78, 5) is 4.19. The van der Waals surface area contributed by atoms with Crippen molar-refractivity contribution in [2.45, 2.75) is 33.1 Å². The van der Waals surface area contributed by atoms with E-state index in [1.54, 1.807) is 0 Å². The fraction of sp³-hybridized carbons (Fsp3) is 0.900. The average Bonchev–Trinajstić information content (AvgIpc) is 2.12. The molecule has 82 valence electrons. The van der Waals surface area contributed by atoms with E-state index in [0.29, 0.717) is 11.9 Å². The predicted octanol–water partition coefficient (Wildman–Crippen LogP) is 0.837. The van der Waals surface area contributed by atoms with Crippen molar-refractivity contribution in [1.82, 2.24) is 5.43 Å². The highest BCUT2D eigenvalue weighted by molar-refractivity contribution is 5.77. The molecule has 0 aromatic heterocycles. The van der Waals surface area contributed by atoms with Crippen LogP contribution >= 0.6 is 0 Å². The van der Waals surface area contributed by atoms with E-state index in [9.17, 15) is 0 Å². The van der Waals surface area contributed by atoms with Crippen molar-refractivity contribution >= 4 is 5.96 Å². The maximum absolute atomic E-state index is 5.47. The van der Waals surface area contributed by atoms with Gasteiger partial charge in [-0.2, -0.15) is 0 Å². The van der Waals surface area contributed by atoms with Crippen LogP contribution < -0.4 is 17.0 Å². The quantitative estimate of drug-likeness (QED) is 0.266. The van der Waals surface area contributed by atoms with Crippen LogP contribution in [0.4, 0.5) is 0 Å². The molecule has 0 bridgehead atoms. The molecule has 5 N–H and O–H groups in total. The van der Waals surface area contributed by atoms with Crippen LogP contribution in [0.2, 0.25) is 0 Å². The van der Waals surface area contributed by atoms with Gasteiger partial charge in [0.1, 0.15) is 0 Å². The molecule has 0 aromatic rings. The van der Waals surface area contributed by atoms with Crippen LogP contribution in [0.3, 0.4) is 0 Å². The van der Waals surface area contributed by atoms with E-state index in [2.05, 4.69) is 24.3 Å². The van der Waals surface area contributed by atoms with Crippen molar-refractivity contribution in [2.75, 3.05) is 6.54 Å². The smallest absolute Gasteiger partial charge is 0.203 e. The lowest BCUT2D eigenvalue weighted by molar-refractivity contribution is 0.224. The molecule has 14 heavy (non-hydrogen) atoms. The first-order chi connectivity index (χ1) is 6.61. The first-order valence-electron chi connectivity index (χ1n) is 5.38. The molecule has 1 aliphatic carbocycles. The van der Waals surface area contributed by atoms with Crippen molar-refractivity contribution in [2.24, 2.45) is 34.3 Å². The molecular weight excluding hydrogens is 176 g/mol. The van der Waals surface area contributed by atoms with Gasteiger partial charge in [-0.25, -0.2) is 5.84 Å². The van der Waals surface area contributed by atoms with E-state index in [-0.39, 0.29) is 0 Å². The summed E-state index contributed by atoms with van der Waals surface area (Å²) in [7, 11) is 0. The first kappa shape index (κ1) is 11.3. The van der Waals surface area contributed by atoms with E-state index in [1.807, 2.05) is 0 Å². The lowest BCUT2D eigenvalue weighted by Gasteiger charge is -2.30. The number of nitrogens with one attached hydrogen (secondary N) is 1. The van der Waals surface area contributed by atoms with Crippen LogP contribution in [-0.4, -0.2) is 12.5 Å². The Balaban J connectivity index is 2.37. The molecule has 0 saturated heterocycles. The second kappa shape index (κ2) is 5.20. The number of hydrazine groups is 1. The zero-order valence-corrected chi connectivity index (χ0v) is 9.16. The Morgan fingerprint density at radius 2 is 1.86 bits per heavy atom. The minimum atomic E-state index is 0.343. The van der Waals surface area contributed by atoms with E-state index >= 15 is 0 Å². The second-order valence-corrected chi connectivity index (χ2v) is 4.65. The fourth-order valence-corrected chi connectivity index (χ4v) is 2.54. The molecule has 2 unspecified atom stereocenters. The van der Waals surface area contributed by atoms with Gasteiger partial charge in [0.2, 0.25) is 5.96 Å². The highest BCUT2D eigenvalue weighted by Gasteiger charge is 2.23. The minimum absolute atomic E-state index is 0.343. The van der Waals surface area contributed by atoms with Crippen LogP contribution in [0.5, 0.6) is 0 Å². The second-order valence-electron chi connectivity index (χ2n) is 4.65. The molecule has 4 nitrogen and oxygen atoms in total. The van der Waals surface area contributed by atoms with Crippen molar-refractivity contribution in [3.63, 3.8) is 0 Å². The lowest BCUT2D eigenvalue weighted by Crippen LogP contribution is -2.37. The third kappa shape index (κ3) is 3.54. The van der Waals surface area contributed by atoms with Crippen LogP contribution in [0.25, 0.3) is 0 Å². The molecule has 0 amide bonds. The minimum Gasteiger partial charge on any atom is -0.369 e. The zero-order chi connectivity index (χ0) is 10.6. The Labute approximate surface area is 86.1 Å². The number of nitrogens with two attached hydrogens (primary N) is 2. The molecule has 0 radical (unpaired) electrons. The summed E-state index contributed by atoms with van der Waals surface area (Å²) < 4.78 is 0. The number of hydrogen-bond donors (Lipinski definition) is 3. The van der Waals surface area contributed by atoms with Crippen molar-refractivity contribution < 1.29 is 0 Å². The highest BCUT2D eigenvalue weighted by atomic mass is 15.3. The summed E-state index contributed by atoms with van der Waals surface area (Å²) in [6.45, 7) is 5.44. The Morgan fingerprint density at radius 3 is 2.36 bits per heavy atom. The zero-order valence-electron chi connectivity index (χ0n) is 9.16. The van der Waals surface area contributed by atoms with Gasteiger partial charge in [0.05, 0.1) is 0 Å². The van der Waals surface area contributed by atoms with E-state index in [4.69, 9.17) is 11.6 Å². The molecule has 0 spiro atoms. The van der Waals surface area contributed by atoms with Crippen molar-refractivity contribution in [1.29, 1.82) is 0 Å². The Hall–Kier alpha value is -0.770. The lowest BCUT2D eigenvalue weighted by atomic mass is 9.77. The summed E-state index contributed by atoms with van der Waals surface area (Å²) in [5.74, 6) is 7.81. The SMILES string of the molecule is CC1CC(C)CC(CN=C(N)NN)C1. The Bertz CT molecular complexity index is 192. The topological polar surface area (TPSA) is 76.4 Å². The monoisotopic (exact) mass is 198 g/mol. The van der Waals surface area contributed by atoms with Gasteiger partial charge < -0.3 is 5.73 Å². The van der Waals surface area contributed by atoms with Gasteiger partial charge >= 0.3 is 0 Å². The molecule has 1 fully saturated rings. The molecule has 0 aliphatic heterocycles. The largest absolute Gasteiger partial charge is 0.369 e. The molecule has 2 atom stereocenters. The molecular formula is C10H22N4. The normalized spacial score (nSPS) is 34.2. The highest BCUT2D eigenvalue weighted by Crippen LogP contribution is 2.32. The van der Waals surface area contributed by atoms with Gasteiger partial charge in [-0.1, -0.05) is 13.8 Å². The standard InChI is InChI=1S/C10H22N4/c1-7-3-8(2)5-9(4-7)6-13-10(11)14-12/h7-9H,3-6,12H2,1-2H3,(H3,11,13,14). The van der Waals surface area contributed by atoms with Gasteiger partial charge in [0, 0.05) is 6.54 Å². The predicted molar refractivity (Wildman–Crippen MR) is 59.5 cm³/mol. The molecule has 1 aliphatic rings. The maximum atomic E-state index is 5.47. The fourth-order valence-electron chi connectivity index (χ4n) is 2.54. The van der Waals surface area contributed by atoms with Gasteiger partial charge in [-0.15, -0.1) is 0 Å². The molecule has 1 saturated carbocycles. The molecule has 1 rings (SSSR count). The number of aliphatic imine (C=N–C) groups is 1. The third-order valence-corrected chi connectivity index (χ3v) is 2.94. The van der Waals surface area contributed by atoms with Gasteiger partial charge in [0.15, 0.2) is 0 Å². The number of hydrogen-bond acceptors (Lipinski definition) is 2. The van der Waals surface area contributed by atoms with Crippen molar-refractivity contribution in [3.05, 3.63) is 0 Å². The van der Waals surface area contributed by atoms with Crippen LogP contribution in [0.1, 0.15) is 33.1 Å². The number of rotatable bonds is 2. The van der Waals surface area contributed by atoms with Crippen molar-refractivity contribution in [3.8, 4) is 0 Å². The van der Waals surface area contributed by atoms with Crippen LogP contribution in [0.15, 0.2) is 4.99 Å². The van der Waals surface area contributed by atoms with E-state index in [0.717, 1.165) is 18.4 Å². The third-order valence-electron chi connectivity index (χ3n) is 2.94. The number of guanidine groups is 1. The Morgan fingerprint density at radius 1 is 1.29 bits per heavy atom. The van der Waals surface area contributed by atoms with Crippen LogP contribution in [0, 0.1) is 17.8 Å². The Kier molecular flexibility index (Phi) is 4.20. The molecule has 0 heterocycles. The molecule has 4 heteroatoms.